The number of rotatable bonds is 3. The molecule has 0 unspecified atom stereocenters. The summed E-state index contributed by atoms with van der Waals surface area (Å²) in [7, 11) is -5.28. The molecule has 0 aliphatic rings. The first-order valence-electron chi connectivity index (χ1n) is 8.78. The SMILES string of the molecule is CC(C)(C)c1ccc(I(c2ccc(C(C)(C)C)cc2)S(=O)(=O)C(F)(F)F)cc1. The Kier molecular flexibility index (Phi) is 6.32. The Morgan fingerprint density at radius 2 is 0.929 bits per heavy atom. The van der Waals surface area contributed by atoms with Crippen molar-refractivity contribution >= 4 is 25.4 Å². The van der Waals surface area contributed by atoms with Gasteiger partial charge in [-0.2, -0.15) is 0 Å². The molecule has 2 aromatic rings. The van der Waals surface area contributed by atoms with Crippen molar-refractivity contribution < 1.29 is 21.6 Å². The molecule has 2 aromatic carbocycles. The number of alkyl halides is 3. The van der Waals surface area contributed by atoms with Crippen LogP contribution < -0.4 is 0 Å². The van der Waals surface area contributed by atoms with Crippen LogP contribution in [0.15, 0.2) is 48.5 Å². The van der Waals surface area contributed by atoms with Crippen molar-refractivity contribution in [2.24, 2.45) is 0 Å². The molecule has 0 N–H and O–H groups in total. The summed E-state index contributed by atoms with van der Waals surface area (Å²) >= 11 is -3.82. The summed E-state index contributed by atoms with van der Waals surface area (Å²) in [5.74, 6) is 0. The standard InChI is InChI=1S/C21H26F3IO2S/c1-19(2,3)15-7-11-17(12-8-15)25(28(26,27)21(22,23)24)18-13-9-16(10-14-18)20(4,5)6/h7-14H,1-6H3. The third-order valence-corrected chi connectivity index (χ3v) is 16.3. The first-order valence-corrected chi connectivity index (χ1v) is 15.0. The Bertz CT molecular complexity index is 861. The van der Waals surface area contributed by atoms with Gasteiger partial charge in [0.05, 0.1) is 0 Å². The predicted molar refractivity (Wildman–Crippen MR) is 117 cm³/mol. The first-order chi connectivity index (χ1) is 12.5. The molecule has 0 heterocycles. The van der Waals surface area contributed by atoms with Crippen LogP contribution in [0.4, 0.5) is 13.2 Å². The Labute approximate surface area is 171 Å². The van der Waals surface area contributed by atoms with Crippen molar-refractivity contribution in [2.75, 3.05) is 0 Å². The molecular formula is C21H26F3IO2S. The Balaban J connectivity index is 2.62. The molecule has 2 rings (SSSR count). The summed E-state index contributed by atoms with van der Waals surface area (Å²) in [5.41, 5.74) is -3.73. The van der Waals surface area contributed by atoms with Crippen LogP contribution in [0.2, 0.25) is 0 Å². The molecule has 0 atom stereocenters. The van der Waals surface area contributed by atoms with Crippen LogP contribution in [0.25, 0.3) is 0 Å². The molecule has 28 heavy (non-hydrogen) atoms. The van der Waals surface area contributed by atoms with Crippen molar-refractivity contribution in [1.82, 2.24) is 0 Å². The minimum atomic E-state index is -5.28. The summed E-state index contributed by atoms with van der Waals surface area (Å²) in [5, 5.41) is 0. The van der Waals surface area contributed by atoms with E-state index in [4.69, 9.17) is 0 Å². The second kappa shape index (κ2) is 7.63. The van der Waals surface area contributed by atoms with E-state index in [0.717, 1.165) is 11.1 Å². The molecule has 156 valence electrons. The molecule has 2 nitrogen and oxygen atoms in total. The number of hydrogen-bond acceptors (Lipinski definition) is 2. The van der Waals surface area contributed by atoms with Gasteiger partial charge in [0.25, 0.3) is 0 Å². The van der Waals surface area contributed by atoms with Gasteiger partial charge in [0.2, 0.25) is 0 Å². The van der Waals surface area contributed by atoms with Crippen molar-refractivity contribution in [3.05, 3.63) is 66.8 Å². The summed E-state index contributed by atoms with van der Waals surface area (Å²) < 4.78 is 65.8. The summed E-state index contributed by atoms with van der Waals surface area (Å²) in [4.78, 5) is 0. The average Bonchev–Trinajstić information content (AvgIpc) is 2.53. The predicted octanol–water partition coefficient (Wildman–Crippen LogP) is 6.68. The van der Waals surface area contributed by atoms with Gasteiger partial charge in [-0.15, -0.1) is 0 Å². The fraction of sp³-hybridized carbons (Fsp3) is 0.429. The van der Waals surface area contributed by atoms with Crippen LogP contribution in [0.1, 0.15) is 52.7 Å². The van der Waals surface area contributed by atoms with Gasteiger partial charge >= 0.3 is 172 Å². The van der Waals surface area contributed by atoms with Crippen molar-refractivity contribution in [1.29, 1.82) is 0 Å². The Hall–Kier alpha value is -1.09. The van der Waals surface area contributed by atoms with E-state index < -0.39 is 31.0 Å². The molecule has 0 spiro atoms. The molecule has 0 aromatic heterocycles. The maximum absolute atomic E-state index is 13.4. The molecule has 0 amide bonds. The van der Waals surface area contributed by atoms with Gasteiger partial charge in [0, 0.05) is 0 Å². The molecule has 0 radical (unpaired) electrons. The number of halogens is 4. The van der Waals surface area contributed by atoms with E-state index in [2.05, 4.69) is 0 Å². The molecule has 0 saturated heterocycles. The molecule has 0 aliphatic carbocycles. The molecule has 0 fully saturated rings. The van der Waals surface area contributed by atoms with Gasteiger partial charge in [-0.05, 0) is 0 Å². The minimum absolute atomic E-state index is 0.172. The van der Waals surface area contributed by atoms with E-state index in [9.17, 15) is 21.6 Å². The molecule has 7 heteroatoms. The van der Waals surface area contributed by atoms with Crippen molar-refractivity contribution in [3.8, 4) is 0 Å². The zero-order valence-corrected chi connectivity index (χ0v) is 19.8. The maximum atomic E-state index is 13.4. The zero-order valence-electron chi connectivity index (χ0n) is 16.9. The normalized spacial score (nSPS) is 14.1. The van der Waals surface area contributed by atoms with Gasteiger partial charge < -0.3 is 0 Å². The van der Waals surface area contributed by atoms with E-state index in [-0.39, 0.29) is 18.0 Å². The number of benzene rings is 2. The summed E-state index contributed by atoms with van der Waals surface area (Å²) in [6.07, 6.45) is 0. The molecular weight excluding hydrogens is 500 g/mol. The van der Waals surface area contributed by atoms with Crippen LogP contribution in [0, 0.1) is 7.14 Å². The van der Waals surface area contributed by atoms with Gasteiger partial charge in [0.15, 0.2) is 0 Å². The van der Waals surface area contributed by atoms with Gasteiger partial charge in [-0.25, -0.2) is 0 Å². The second-order valence-electron chi connectivity index (χ2n) is 8.65. The van der Waals surface area contributed by atoms with E-state index in [1.54, 1.807) is 48.5 Å². The monoisotopic (exact) mass is 526 g/mol. The van der Waals surface area contributed by atoms with E-state index in [0.29, 0.717) is 0 Å². The van der Waals surface area contributed by atoms with Gasteiger partial charge in [0.1, 0.15) is 0 Å². The molecule has 0 aliphatic heterocycles. The third-order valence-electron chi connectivity index (χ3n) is 4.30. The molecule has 0 saturated carbocycles. The fourth-order valence-corrected chi connectivity index (χ4v) is 12.9. The van der Waals surface area contributed by atoms with E-state index in [1.807, 2.05) is 41.5 Å². The number of hydrogen-bond donors (Lipinski definition) is 0. The van der Waals surface area contributed by atoms with Gasteiger partial charge in [-0.1, -0.05) is 0 Å². The molecule has 0 bridgehead atoms. The summed E-state index contributed by atoms with van der Waals surface area (Å²) in [6, 6.07) is 13.1. The Morgan fingerprint density at radius 3 is 1.14 bits per heavy atom. The first kappa shape index (κ1) is 23.2. The fourth-order valence-electron chi connectivity index (χ4n) is 2.58. The van der Waals surface area contributed by atoms with Crippen molar-refractivity contribution in [2.45, 2.75) is 57.9 Å². The van der Waals surface area contributed by atoms with Crippen LogP contribution in [0.5, 0.6) is 0 Å². The van der Waals surface area contributed by atoms with E-state index >= 15 is 0 Å². The summed E-state index contributed by atoms with van der Waals surface area (Å²) in [6.45, 7) is 12.0. The van der Waals surface area contributed by atoms with Crippen LogP contribution >= 0.6 is 18.4 Å². The van der Waals surface area contributed by atoms with Crippen LogP contribution in [-0.4, -0.2) is 13.9 Å². The zero-order chi connectivity index (χ0) is 21.5. The van der Waals surface area contributed by atoms with E-state index in [1.165, 1.54) is 0 Å². The van der Waals surface area contributed by atoms with Gasteiger partial charge in [-0.3, -0.25) is 0 Å². The van der Waals surface area contributed by atoms with Crippen LogP contribution in [0.3, 0.4) is 0 Å². The van der Waals surface area contributed by atoms with Crippen molar-refractivity contribution in [3.63, 3.8) is 0 Å². The quantitative estimate of drug-likeness (QED) is 0.331. The topological polar surface area (TPSA) is 34.1 Å². The second-order valence-corrected chi connectivity index (χ2v) is 19.4. The Morgan fingerprint density at radius 1 is 0.643 bits per heavy atom. The van der Waals surface area contributed by atoms with Crippen LogP contribution in [-0.2, 0) is 17.8 Å². The average molecular weight is 526 g/mol. The third kappa shape index (κ3) is 4.90.